The van der Waals surface area contributed by atoms with Gasteiger partial charge in [0.05, 0.1) is 33.5 Å². The van der Waals surface area contributed by atoms with Gasteiger partial charge in [-0.2, -0.15) is 13.2 Å². The summed E-state index contributed by atoms with van der Waals surface area (Å²) in [5.41, 5.74) is 2.06. The number of amides is 1. The maximum Gasteiger partial charge on any atom is 0.434 e. The summed E-state index contributed by atoms with van der Waals surface area (Å²) in [4.78, 5) is 37.5. The lowest BCUT2D eigenvalue weighted by molar-refractivity contribution is -0.141. The lowest BCUT2D eigenvalue weighted by Gasteiger charge is -2.29. The molecular weight excluding hydrogens is 557 g/mol. The number of benzene rings is 1. The molecule has 5 aromatic rings. The summed E-state index contributed by atoms with van der Waals surface area (Å²) in [5.74, 6) is -0.690. The van der Waals surface area contributed by atoms with E-state index in [0.717, 1.165) is 39.9 Å². The summed E-state index contributed by atoms with van der Waals surface area (Å²) < 4.78 is 43.6. The number of alkyl halides is 3. The molecule has 41 heavy (non-hydrogen) atoms. The van der Waals surface area contributed by atoms with Crippen molar-refractivity contribution in [3.05, 3.63) is 87.3 Å². The first-order valence-electron chi connectivity index (χ1n) is 13.3. The number of aryl methyl sites for hydroxylation is 1. The Morgan fingerprint density at radius 3 is 2.56 bits per heavy atom. The Labute approximate surface area is 237 Å². The molecule has 12 heteroatoms. The summed E-state index contributed by atoms with van der Waals surface area (Å²) in [6.07, 6.45) is 2.22. The number of hydrogen-bond acceptors (Lipinski definition) is 4. The van der Waals surface area contributed by atoms with Crippen LogP contribution in [0.4, 0.5) is 13.2 Å². The van der Waals surface area contributed by atoms with E-state index in [4.69, 9.17) is 11.6 Å². The topological polar surface area (TPSA) is 97.6 Å². The molecule has 6 rings (SSSR count). The molecule has 0 radical (unpaired) electrons. The maximum absolute atomic E-state index is 13.8. The maximum atomic E-state index is 13.8. The number of nitrogens with one attached hydrogen (secondary N) is 2. The number of aromatic nitrogens is 5. The van der Waals surface area contributed by atoms with Crippen molar-refractivity contribution in [2.24, 2.45) is 5.92 Å². The molecule has 0 bridgehead atoms. The van der Waals surface area contributed by atoms with Gasteiger partial charge in [-0.3, -0.25) is 13.9 Å². The summed E-state index contributed by atoms with van der Waals surface area (Å²) >= 11 is 5.83. The fraction of sp³-hybridized carbons (Fsp3) is 0.310. The molecule has 1 aliphatic rings. The average Bonchev–Trinajstić information content (AvgIpc) is 3.45. The zero-order valence-corrected chi connectivity index (χ0v) is 22.8. The summed E-state index contributed by atoms with van der Waals surface area (Å²) in [6, 6.07) is 10.3. The third kappa shape index (κ3) is 5.10. The fourth-order valence-corrected chi connectivity index (χ4v) is 5.89. The highest BCUT2D eigenvalue weighted by Gasteiger charge is 2.38. The van der Waals surface area contributed by atoms with Crippen LogP contribution in [0.1, 0.15) is 47.3 Å². The number of carbonyl (C=O) groups is 1. The molecule has 1 aromatic carbocycles. The van der Waals surface area contributed by atoms with E-state index in [1.54, 1.807) is 15.3 Å². The number of H-pyrrole nitrogens is 1. The van der Waals surface area contributed by atoms with Crippen LogP contribution in [0.15, 0.2) is 59.8 Å². The van der Waals surface area contributed by atoms with E-state index in [-0.39, 0.29) is 22.7 Å². The lowest BCUT2D eigenvalue weighted by atomic mass is 9.85. The van der Waals surface area contributed by atoms with Crippen LogP contribution in [-0.2, 0) is 12.7 Å². The molecule has 0 unspecified atom stereocenters. The third-order valence-corrected chi connectivity index (χ3v) is 8.01. The number of fused-ring (bicyclic) bond motifs is 2. The highest BCUT2D eigenvalue weighted by Crippen LogP contribution is 2.32. The van der Waals surface area contributed by atoms with Crippen molar-refractivity contribution in [1.29, 1.82) is 0 Å². The van der Waals surface area contributed by atoms with Gasteiger partial charge in [0.2, 0.25) is 0 Å². The van der Waals surface area contributed by atoms with Gasteiger partial charge in [0.1, 0.15) is 5.65 Å². The van der Waals surface area contributed by atoms with Crippen molar-refractivity contribution in [2.75, 3.05) is 0 Å². The van der Waals surface area contributed by atoms with Crippen molar-refractivity contribution in [3.8, 4) is 5.69 Å². The highest BCUT2D eigenvalue weighted by molar-refractivity contribution is 6.30. The monoisotopic (exact) mass is 582 g/mol. The Balaban J connectivity index is 1.19. The highest BCUT2D eigenvalue weighted by atomic mass is 35.5. The predicted octanol–water partition coefficient (Wildman–Crippen LogP) is 6.03. The summed E-state index contributed by atoms with van der Waals surface area (Å²) in [5, 5.41) is 3.62. The molecule has 0 saturated heterocycles. The number of pyridine rings is 2. The molecule has 0 atom stereocenters. The molecule has 4 aromatic heterocycles. The Morgan fingerprint density at radius 1 is 1.10 bits per heavy atom. The molecular formula is C29H26ClF3N6O2. The van der Waals surface area contributed by atoms with Gasteiger partial charge < -0.3 is 10.3 Å². The number of carbonyl (C=O) groups excluding carboxylic acids is 1. The van der Waals surface area contributed by atoms with Crippen LogP contribution in [0.25, 0.3) is 27.8 Å². The first-order chi connectivity index (χ1) is 19.6. The molecule has 1 aliphatic carbocycles. The quantitative estimate of drug-likeness (QED) is 0.264. The minimum atomic E-state index is -4.77. The van der Waals surface area contributed by atoms with Gasteiger partial charge in [0.25, 0.3) is 5.91 Å². The minimum Gasteiger partial charge on any atom is -0.349 e. The van der Waals surface area contributed by atoms with Crippen molar-refractivity contribution in [3.63, 3.8) is 0 Å². The van der Waals surface area contributed by atoms with E-state index in [0.29, 0.717) is 37.9 Å². The lowest BCUT2D eigenvalue weighted by Crippen LogP contribution is -2.39. The second-order valence-corrected chi connectivity index (χ2v) is 11.0. The van der Waals surface area contributed by atoms with Crippen molar-refractivity contribution < 1.29 is 18.0 Å². The van der Waals surface area contributed by atoms with Crippen LogP contribution in [0.5, 0.6) is 0 Å². The van der Waals surface area contributed by atoms with Crippen LogP contribution < -0.4 is 11.0 Å². The Bertz CT molecular complexity index is 1830. The van der Waals surface area contributed by atoms with Crippen LogP contribution in [0, 0.1) is 12.8 Å². The third-order valence-electron chi connectivity index (χ3n) is 7.81. The van der Waals surface area contributed by atoms with Gasteiger partial charge in [0.15, 0.2) is 5.69 Å². The molecule has 1 fully saturated rings. The number of nitrogens with zero attached hydrogens (tertiary/aromatic N) is 4. The number of aromatic amines is 1. The van der Waals surface area contributed by atoms with E-state index in [2.05, 4.69) is 20.3 Å². The van der Waals surface area contributed by atoms with Gasteiger partial charge in [-0.1, -0.05) is 23.7 Å². The van der Waals surface area contributed by atoms with E-state index in [9.17, 15) is 22.8 Å². The van der Waals surface area contributed by atoms with Gasteiger partial charge in [0, 0.05) is 30.4 Å². The number of rotatable bonds is 5. The predicted molar refractivity (Wildman–Crippen MR) is 149 cm³/mol. The smallest absolute Gasteiger partial charge is 0.349 e. The van der Waals surface area contributed by atoms with Crippen LogP contribution in [0.3, 0.4) is 0 Å². The van der Waals surface area contributed by atoms with Crippen LogP contribution in [0.2, 0.25) is 5.02 Å². The standard InChI is InChI=1S/C29H26ClF3N6O2/c1-16-12-35-26-21(16)11-20(14-36-26)39-24-5-3-2-4-23(24)38(28(39)41)15-17-6-8-19(9-7-17)37-27(40)22-10-18(30)13-34-25(22)29(31,32)33/h2-5,10-14,17,19H,6-9,15H2,1H3,(H,35,36)(H,37,40)/t17-,19-. The Hall–Kier alpha value is -4.12. The van der Waals surface area contributed by atoms with E-state index in [1.807, 2.05) is 43.5 Å². The Morgan fingerprint density at radius 2 is 1.83 bits per heavy atom. The minimum absolute atomic E-state index is 0.0459. The molecule has 4 heterocycles. The summed E-state index contributed by atoms with van der Waals surface area (Å²) in [6.45, 7) is 2.47. The van der Waals surface area contributed by atoms with Crippen molar-refractivity contribution in [1.82, 2.24) is 29.4 Å². The molecule has 1 saturated carbocycles. The fourth-order valence-electron chi connectivity index (χ4n) is 5.73. The SMILES string of the molecule is Cc1c[nH]c2ncc(-n3c(=O)n(C[C@H]4CC[C@H](NC(=O)c5cc(Cl)cnc5C(F)(F)F)CC4)c4ccccc43)cc12. The second-order valence-electron chi connectivity index (χ2n) is 10.5. The van der Waals surface area contributed by atoms with E-state index < -0.39 is 23.3 Å². The molecule has 0 aliphatic heterocycles. The van der Waals surface area contributed by atoms with Crippen LogP contribution >= 0.6 is 11.6 Å². The number of hydrogen-bond donors (Lipinski definition) is 2. The van der Waals surface area contributed by atoms with Crippen molar-refractivity contribution >= 4 is 39.6 Å². The second kappa shape index (κ2) is 10.4. The number of imidazole rings is 1. The van der Waals surface area contributed by atoms with E-state index >= 15 is 0 Å². The molecule has 0 spiro atoms. The molecule has 8 nitrogen and oxygen atoms in total. The zero-order chi connectivity index (χ0) is 28.9. The average molecular weight is 583 g/mol. The zero-order valence-electron chi connectivity index (χ0n) is 22.0. The molecule has 1 amide bonds. The first kappa shape index (κ1) is 27.1. The van der Waals surface area contributed by atoms with Gasteiger partial charge >= 0.3 is 11.9 Å². The normalized spacial score (nSPS) is 17.8. The number of para-hydroxylation sites is 2. The van der Waals surface area contributed by atoms with E-state index in [1.165, 1.54) is 0 Å². The Kier molecular flexibility index (Phi) is 6.85. The first-order valence-corrected chi connectivity index (χ1v) is 13.7. The van der Waals surface area contributed by atoms with Crippen molar-refractivity contribution in [2.45, 2.75) is 51.4 Å². The molecule has 212 valence electrons. The largest absolute Gasteiger partial charge is 0.434 e. The molecule has 2 N–H and O–H groups in total. The van der Waals surface area contributed by atoms with Gasteiger partial charge in [-0.15, -0.1) is 0 Å². The summed E-state index contributed by atoms with van der Waals surface area (Å²) in [7, 11) is 0. The number of halogens is 4. The van der Waals surface area contributed by atoms with Gasteiger partial charge in [-0.05, 0) is 68.4 Å². The van der Waals surface area contributed by atoms with Gasteiger partial charge in [-0.25, -0.2) is 14.8 Å². The van der Waals surface area contributed by atoms with Crippen LogP contribution in [-0.4, -0.2) is 36.0 Å².